The van der Waals surface area contributed by atoms with Crippen molar-refractivity contribution in [1.29, 1.82) is 0 Å². The molecule has 118 valence electrons. The zero-order valence-electron chi connectivity index (χ0n) is 13.2. The molecule has 0 fully saturated rings. The van der Waals surface area contributed by atoms with Crippen molar-refractivity contribution in [2.75, 3.05) is 0 Å². The van der Waals surface area contributed by atoms with Crippen LogP contribution in [0.4, 0.5) is 0 Å². The molecule has 0 radical (unpaired) electrons. The minimum absolute atomic E-state index is 0.197. The summed E-state index contributed by atoms with van der Waals surface area (Å²) in [5.74, 6) is -0.197. The minimum Gasteiger partial charge on any atom is -0.298 e. The van der Waals surface area contributed by atoms with E-state index in [9.17, 15) is 4.79 Å². The van der Waals surface area contributed by atoms with E-state index in [2.05, 4.69) is 29.6 Å². The van der Waals surface area contributed by atoms with E-state index in [1.54, 1.807) is 12.1 Å². The van der Waals surface area contributed by atoms with Crippen molar-refractivity contribution in [3.8, 4) is 11.1 Å². The molecule has 3 nitrogen and oxygen atoms in total. The number of hydrogen-bond acceptors (Lipinski definition) is 2. The summed E-state index contributed by atoms with van der Waals surface area (Å²) in [7, 11) is 0. The molecule has 0 aromatic heterocycles. The van der Waals surface area contributed by atoms with E-state index in [4.69, 9.17) is 0 Å². The van der Waals surface area contributed by atoms with Crippen LogP contribution in [0.25, 0.3) is 16.8 Å². The molecule has 0 unspecified atom stereocenters. The first-order chi connectivity index (χ1) is 11.7. The van der Waals surface area contributed by atoms with E-state index >= 15 is 0 Å². The minimum atomic E-state index is -0.197. The third kappa shape index (κ3) is 3.70. The van der Waals surface area contributed by atoms with Crippen molar-refractivity contribution < 1.29 is 4.79 Å². The van der Waals surface area contributed by atoms with Crippen LogP contribution in [0.15, 0.2) is 91.5 Å². The van der Waals surface area contributed by atoms with Gasteiger partial charge in [-0.25, -0.2) is 0 Å². The van der Waals surface area contributed by atoms with E-state index < -0.39 is 0 Å². The Labute approximate surface area is 141 Å². The third-order valence-electron chi connectivity index (χ3n) is 3.70. The Morgan fingerprint density at radius 1 is 0.625 bits per heavy atom. The highest BCUT2D eigenvalue weighted by molar-refractivity contribution is 5.94. The van der Waals surface area contributed by atoms with Gasteiger partial charge in [-0.15, -0.1) is 0 Å². The zero-order chi connectivity index (χ0) is 16.8. The highest BCUT2D eigenvalue weighted by Crippen LogP contribution is 2.20. The fraction of sp³-hybridized carbons (Fsp3) is 0. The summed E-state index contributed by atoms with van der Waals surface area (Å²) in [5.41, 5.74) is 9.98. The van der Waals surface area contributed by atoms with Gasteiger partial charge in [0.1, 0.15) is 0 Å². The van der Waals surface area contributed by atoms with Gasteiger partial charge in [-0.05, 0) is 28.8 Å². The quantitative estimate of drug-likeness (QED) is 0.691. The lowest BCUT2D eigenvalue weighted by Gasteiger charge is -2.12. The predicted octanol–water partition coefficient (Wildman–Crippen LogP) is 4.26. The maximum absolute atomic E-state index is 12.0. The Bertz CT molecular complexity index is 825. The topological polar surface area (TPSA) is 41.1 Å². The zero-order valence-corrected chi connectivity index (χ0v) is 13.2. The predicted molar refractivity (Wildman–Crippen MR) is 98.0 cm³/mol. The van der Waals surface area contributed by atoms with Crippen molar-refractivity contribution in [1.82, 2.24) is 10.9 Å². The highest BCUT2D eigenvalue weighted by Gasteiger charge is 2.05. The lowest BCUT2D eigenvalue weighted by Crippen LogP contribution is -2.35. The average Bonchev–Trinajstić information content (AvgIpc) is 2.67. The lowest BCUT2D eigenvalue weighted by molar-refractivity contribution is 0.0942. The van der Waals surface area contributed by atoms with Gasteiger partial charge in [0, 0.05) is 5.56 Å². The Hall–Kier alpha value is -3.33. The second-order valence-electron chi connectivity index (χ2n) is 5.37. The van der Waals surface area contributed by atoms with Gasteiger partial charge in [0.25, 0.3) is 5.91 Å². The summed E-state index contributed by atoms with van der Waals surface area (Å²) < 4.78 is 0. The maximum Gasteiger partial charge on any atom is 0.269 e. The number of nitrogens with one attached hydrogen (secondary N) is 2. The van der Waals surface area contributed by atoms with Crippen molar-refractivity contribution in [3.63, 3.8) is 0 Å². The average molecular weight is 314 g/mol. The van der Waals surface area contributed by atoms with Crippen molar-refractivity contribution >= 4 is 11.6 Å². The van der Waals surface area contributed by atoms with Crippen LogP contribution in [-0.4, -0.2) is 5.91 Å². The molecule has 0 saturated heterocycles. The number of hydrogen-bond donors (Lipinski definition) is 2. The van der Waals surface area contributed by atoms with E-state index in [-0.39, 0.29) is 5.91 Å². The van der Waals surface area contributed by atoms with Gasteiger partial charge in [0.05, 0.1) is 5.70 Å². The number of rotatable bonds is 5. The Kier molecular flexibility index (Phi) is 4.73. The van der Waals surface area contributed by atoms with Gasteiger partial charge < -0.3 is 0 Å². The van der Waals surface area contributed by atoms with E-state index in [1.165, 1.54) is 5.56 Å². The molecule has 3 aromatic carbocycles. The summed E-state index contributed by atoms with van der Waals surface area (Å²) in [6.07, 6.45) is 0. The smallest absolute Gasteiger partial charge is 0.269 e. The molecule has 0 atom stereocenters. The SMILES string of the molecule is C=C(NNC(=O)c1ccccc1)c1ccc(-c2ccccc2)cc1. The molecule has 3 heteroatoms. The maximum atomic E-state index is 12.0. The monoisotopic (exact) mass is 314 g/mol. The second kappa shape index (κ2) is 7.29. The molecule has 0 heterocycles. The molecule has 0 saturated carbocycles. The normalized spacial score (nSPS) is 10.0. The fourth-order valence-corrected chi connectivity index (χ4v) is 2.36. The van der Waals surface area contributed by atoms with Crippen LogP contribution in [0.1, 0.15) is 15.9 Å². The van der Waals surface area contributed by atoms with Gasteiger partial charge in [-0.2, -0.15) is 0 Å². The summed E-state index contributed by atoms with van der Waals surface area (Å²) in [5, 5.41) is 0. The van der Waals surface area contributed by atoms with Crippen LogP contribution >= 0.6 is 0 Å². The summed E-state index contributed by atoms with van der Waals surface area (Å²) in [4.78, 5) is 12.0. The molecule has 1 amide bonds. The number of carbonyl (C=O) groups excluding carboxylic acids is 1. The molecular formula is C21H18N2O. The van der Waals surface area contributed by atoms with E-state index in [1.807, 2.05) is 60.7 Å². The first-order valence-electron chi connectivity index (χ1n) is 7.70. The molecule has 0 aliphatic heterocycles. The third-order valence-corrected chi connectivity index (χ3v) is 3.70. The largest absolute Gasteiger partial charge is 0.298 e. The van der Waals surface area contributed by atoms with Crippen LogP contribution in [0.3, 0.4) is 0 Å². The van der Waals surface area contributed by atoms with Crippen LogP contribution < -0.4 is 10.9 Å². The van der Waals surface area contributed by atoms with Crippen molar-refractivity contribution in [3.05, 3.63) is 103 Å². The molecule has 3 rings (SSSR count). The van der Waals surface area contributed by atoms with Gasteiger partial charge >= 0.3 is 0 Å². The van der Waals surface area contributed by atoms with Crippen LogP contribution in [0, 0.1) is 0 Å². The fourth-order valence-electron chi connectivity index (χ4n) is 2.36. The summed E-state index contributed by atoms with van der Waals surface area (Å²) in [6, 6.07) is 27.2. The summed E-state index contributed by atoms with van der Waals surface area (Å²) in [6.45, 7) is 3.97. The van der Waals surface area contributed by atoms with Crippen molar-refractivity contribution in [2.24, 2.45) is 0 Å². The molecule has 3 aromatic rings. The van der Waals surface area contributed by atoms with Gasteiger partial charge in [0.2, 0.25) is 0 Å². The molecule has 0 aliphatic rings. The Morgan fingerprint density at radius 3 is 1.79 bits per heavy atom. The Balaban J connectivity index is 1.62. The lowest BCUT2D eigenvalue weighted by atomic mass is 10.0. The van der Waals surface area contributed by atoms with E-state index in [0.29, 0.717) is 11.3 Å². The van der Waals surface area contributed by atoms with Crippen LogP contribution in [0.5, 0.6) is 0 Å². The standard InChI is InChI=1S/C21H18N2O/c1-16(22-23-21(24)20-10-6-3-7-11-20)17-12-14-19(15-13-17)18-8-4-2-5-9-18/h2-15,22H,1H2,(H,23,24). The van der Waals surface area contributed by atoms with E-state index in [0.717, 1.165) is 11.1 Å². The molecule has 24 heavy (non-hydrogen) atoms. The van der Waals surface area contributed by atoms with Crippen molar-refractivity contribution in [2.45, 2.75) is 0 Å². The van der Waals surface area contributed by atoms with Gasteiger partial charge in [-0.3, -0.25) is 15.6 Å². The first-order valence-corrected chi connectivity index (χ1v) is 7.70. The molecule has 0 aliphatic carbocycles. The second-order valence-corrected chi connectivity index (χ2v) is 5.37. The molecule has 2 N–H and O–H groups in total. The Morgan fingerprint density at radius 2 is 1.17 bits per heavy atom. The molecule has 0 spiro atoms. The summed E-state index contributed by atoms with van der Waals surface area (Å²) >= 11 is 0. The molecule has 0 bridgehead atoms. The number of benzene rings is 3. The van der Waals surface area contributed by atoms with Crippen LogP contribution in [-0.2, 0) is 0 Å². The number of amides is 1. The number of hydrazine groups is 1. The number of carbonyl (C=O) groups is 1. The molecular weight excluding hydrogens is 296 g/mol. The van der Waals surface area contributed by atoms with Crippen LogP contribution in [0.2, 0.25) is 0 Å². The van der Waals surface area contributed by atoms with Gasteiger partial charge in [-0.1, -0.05) is 79.4 Å². The first kappa shape index (κ1) is 15.6. The highest BCUT2D eigenvalue weighted by atomic mass is 16.2. The van der Waals surface area contributed by atoms with Gasteiger partial charge in [0.15, 0.2) is 0 Å².